The van der Waals surface area contributed by atoms with E-state index in [1.807, 2.05) is 0 Å². The minimum Gasteiger partial charge on any atom is -0.748 e. The van der Waals surface area contributed by atoms with Gasteiger partial charge in [0.05, 0.1) is 15.9 Å². The second-order valence-corrected chi connectivity index (χ2v) is 12.7. The predicted octanol–water partition coefficient (Wildman–Crippen LogP) is 4.52. The van der Waals surface area contributed by atoms with Gasteiger partial charge in [0.15, 0.2) is 0 Å². The first-order valence-electron chi connectivity index (χ1n) is 16.2. The van der Waals surface area contributed by atoms with E-state index in [4.69, 9.17) is 0 Å². The van der Waals surface area contributed by atoms with Crippen molar-refractivity contribution in [3.05, 3.63) is 0 Å². The number of anilines is 3. The zero-order valence-electron chi connectivity index (χ0n) is 26.9. The summed E-state index contributed by atoms with van der Waals surface area (Å²) < 4.78 is 33.3. The first-order chi connectivity index (χ1) is 19.4. The SMILES string of the molecule is CCCCCCCCCCCCNc1nc(NCCCCCCCCCCCC)nc(N(C)CCS(=O)(=O)[O-])n1.[Na+]. The third-order valence-electron chi connectivity index (χ3n) is 7.27. The molecule has 0 saturated carbocycles. The molecule has 1 aromatic heterocycles. The van der Waals surface area contributed by atoms with Crippen LogP contribution in [-0.2, 0) is 10.1 Å². The third kappa shape index (κ3) is 24.5. The fourth-order valence-electron chi connectivity index (χ4n) is 4.67. The minimum atomic E-state index is -4.31. The second-order valence-electron chi connectivity index (χ2n) is 11.2. The van der Waals surface area contributed by atoms with Gasteiger partial charge in [0.2, 0.25) is 17.8 Å². The zero-order chi connectivity index (χ0) is 29.3. The van der Waals surface area contributed by atoms with Crippen LogP contribution in [0, 0.1) is 0 Å². The van der Waals surface area contributed by atoms with E-state index in [9.17, 15) is 13.0 Å². The van der Waals surface area contributed by atoms with Gasteiger partial charge in [0.1, 0.15) is 0 Å². The maximum atomic E-state index is 11.1. The number of hydrogen-bond acceptors (Lipinski definition) is 9. The van der Waals surface area contributed by atoms with Gasteiger partial charge >= 0.3 is 29.6 Å². The van der Waals surface area contributed by atoms with E-state index in [0.717, 1.165) is 25.9 Å². The summed E-state index contributed by atoms with van der Waals surface area (Å²) in [5.74, 6) is 0.819. The molecule has 0 unspecified atom stereocenters. The molecule has 0 bridgehead atoms. The summed E-state index contributed by atoms with van der Waals surface area (Å²) in [5, 5.41) is 6.62. The number of hydrogen-bond donors (Lipinski definition) is 2. The van der Waals surface area contributed by atoms with Crippen molar-refractivity contribution in [2.24, 2.45) is 0 Å². The molecule has 0 saturated heterocycles. The first kappa shape index (κ1) is 40.3. The molecule has 2 N–H and O–H groups in total. The molecular weight excluding hydrogens is 547 g/mol. The van der Waals surface area contributed by atoms with Gasteiger partial charge in [-0.1, -0.05) is 129 Å². The van der Waals surface area contributed by atoms with Crippen LogP contribution in [0.25, 0.3) is 0 Å². The summed E-state index contributed by atoms with van der Waals surface area (Å²) >= 11 is 0. The normalized spacial score (nSPS) is 11.3. The van der Waals surface area contributed by atoms with E-state index in [1.54, 1.807) is 11.9 Å². The topological polar surface area (TPSA) is 123 Å². The number of rotatable bonds is 28. The Morgan fingerprint density at radius 2 is 0.951 bits per heavy atom. The van der Waals surface area contributed by atoms with Gasteiger partial charge in [-0.3, -0.25) is 0 Å². The van der Waals surface area contributed by atoms with Crippen LogP contribution in [0.15, 0.2) is 0 Å². The second kappa shape index (κ2) is 26.9. The third-order valence-corrected chi connectivity index (χ3v) is 7.95. The quantitative estimate of drug-likeness (QED) is 0.0805. The molecule has 11 heteroatoms. The standard InChI is InChI=1S/C30H60N6O3S.Na/c1-4-6-8-10-12-14-16-18-20-22-24-31-28-33-29(35-30(34-28)36(3)26-27-40(37,38)39)32-25-23-21-19-17-15-13-11-9-7-5-2;/h4-27H2,1-3H3,(H,37,38,39)(H2,31,32,33,34,35);/q;+1/p-1. The molecule has 1 heterocycles. The smallest absolute Gasteiger partial charge is 0.748 e. The fraction of sp³-hybridized carbons (Fsp3) is 0.900. The van der Waals surface area contributed by atoms with E-state index >= 15 is 0 Å². The summed E-state index contributed by atoms with van der Waals surface area (Å²) in [6.07, 6.45) is 25.6. The molecule has 0 aliphatic heterocycles. The average molecular weight is 607 g/mol. The maximum absolute atomic E-state index is 11.1. The summed E-state index contributed by atoms with van der Waals surface area (Å²) in [6.45, 7) is 6.09. The van der Waals surface area contributed by atoms with Crippen LogP contribution in [0.2, 0.25) is 0 Å². The molecule has 1 rings (SSSR count). The van der Waals surface area contributed by atoms with Gasteiger partial charge in [-0.05, 0) is 12.8 Å². The van der Waals surface area contributed by atoms with E-state index in [0.29, 0.717) is 17.8 Å². The number of nitrogens with one attached hydrogen (secondary N) is 2. The van der Waals surface area contributed by atoms with Crippen LogP contribution >= 0.6 is 0 Å². The Kier molecular flexibility index (Phi) is 26.5. The van der Waals surface area contributed by atoms with E-state index in [-0.39, 0.29) is 36.1 Å². The Morgan fingerprint density at radius 1 is 0.610 bits per heavy atom. The largest absolute Gasteiger partial charge is 1.00 e. The monoisotopic (exact) mass is 606 g/mol. The number of nitrogens with zero attached hydrogens (tertiary/aromatic N) is 4. The minimum absolute atomic E-state index is 0. The van der Waals surface area contributed by atoms with Crippen molar-refractivity contribution in [2.45, 2.75) is 142 Å². The predicted molar refractivity (Wildman–Crippen MR) is 168 cm³/mol. The van der Waals surface area contributed by atoms with Crippen molar-refractivity contribution >= 4 is 28.0 Å². The molecule has 0 spiro atoms. The maximum Gasteiger partial charge on any atom is 1.00 e. The van der Waals surface area contributed by atoms with Crippen molar-refractivity contribution in [1.82, 2.24) is 15.0 Å². The van der Waals surface area contributed by atoms with Gasteiger partial charge in [-0.25, -0.2) is 8.42 Å². The van der Waals surface area contributed by atoms with E-state index < -0.39 is 15.9 Å². The number of aromatic nitrogens is 3. The summed E-state index contributed by atoms with van der Waals surface area (Å²) in [4.78, 5) is 15.1. The van der Waals surface area contributed by atoms with Crippen LogP contribution in [-0.4, -0.2) is 60.4 Å². The van der Waals surface area contributed by atoms with Gasteiger partial charge < -0.3 is 20.1 Å². The van der Waals surface area contributed by atoms with Gasteiger partial charge in [-0.15, -0.1) is 0 Å². The molecule has 0 atom stereocenters. The zero-order valence-corrected chi connectivity index (χ0v) is 29.7. The van der Waals surface area contributed by atoms with E-state index in [1.165, 1.54) is 116 Å². The van der Waals surface area contributed by atoms with Crippen molar-refractivity contribution < 1.29 is 42.5 Å². The molecule has 0 radical (unpaired) electrons. The fourth-order valence-corrected chi connectivity index (χ4v) is 5.17. The average Bonchev–Trinajstić information content (AvgIpc) is 2.93. The Morgan fingerprint density at radius 3 is 1.29 bits per heavy atom. The molecule has 9 nitrogen and oxygen atoms in total. The van der Waals surface area contributed by atoms with Crippen molar-refractivity contribution in [2.75, 3.05) is 48.0 Å². The Balaban J connectivity index is 0.0000160. The molecular formula is C30H59N6NaO3S. The van der Waals surface area contributed by atoms with Crippen LogP contribution in [0.5, 0.6) is 0 Å². The van der Waals surface area contributed by atoms with Crippen molar-refractivity contribution in [3.63, 3.8) is 0 Å². The van der Waals surface area contributed by atoms with Gasteiger partial charge in [0, 0.05) is 26.7 Å². The first-order valence-corrected chi connectivity index (χ1v) is 17.8. The molecule has 1 aromatic rings. The summed E-state index contributed by atoms with van der Waals surface area (Å²) in [5.41, 5.74) is 0. The Bertz CT molecular complexity index is 803. The molecule has 0 aliphatic carbocycles. The van der Waals surface area contributed by atoms with E-state index in [2.05, 4.69) is 39.4 Å². The van der Waals surface area contributed by atoms with Crippen molar-refractivity contribution in [1.29, 1.82) is 0 Å². The van der Waals surface area contributed by atoms with Gasteiger partial charge in [-0.2, -0.15) is 15.0 Å². The number of unbranched alkanes of at least 4 members (excludes halogenated alkanes) is 18. The van der Waals surface area contributed by atoms with Crippen LogP contribution in [0.4, 0.5) is 17.8 Å². The molecule has 0 fully saturated rings. The van der Waals surface area contributed by atoms with Gasteiger partial charge in [0.25, 0.3) is 0 Å². The van der Waals surface area contributed by atoms with Crippen LogP contribution < -0.4 is 45.1 Å². The van der Waals surface area contributed by atoms with Crippen LogP contribution in [0.1, 0.15) is 142 Å². The summed E-state index contributed by atoms with van der Waals surface area (Å²) in [7, 11) is -2.62. The molecule has 41 heavy (non-hydrogen) atoms. The molecule has 234 valence electrons. The molecule has 0 amide bonds. The molecule has 0 aromatic carbocycles. The van der Waals surface area contributed by atoms with Crippen LogP contribution in [0.3, 0.4) is 0 Å². The Labute approximate surface area is 274 Å². The summed E-state index contributed by atoms with van der Waals surface area (Å²) in [6, 6.07) is 0. The Hall–Kier alpha value is -0.680. The van der Waals surface area contributed by atoms with Crippen molar-refractivity contribution in [3.8, 4) is 0 Å². The molecule has 0 aliphatic rings.